The highest BCUT2D eigenvalue weighted by molar-refractivity contribution is 5.90. The molecule has 0 aromatic heterocycles. The van der Waals surface area contributed by atoms with Crippen molar-refractivity contribution in [1.82, 2.24) is 10.6 Å². The predicted molar refractivity (Wildman–Crippen MR) is 77.6 cm³/mol. The van der Waals surface area contributed by atoms with Gasteiger partial charge >= 0.3 is 12.0 Å². The van der Waals surface area contributed by atoms with Gasteiger partial charge in [0.05, 0.1) is 0 Å². The summed E-state index contributed by atoms with van der Waals surface area (Å²) in [6.07, 6.45) is 0.0383. The summed E-state index contributed by atoms with van der Waals surface area (Å²) in [6.45, 7) is 2.77. The van der Waals surface area contributed by atoms with E-state index in [1.54, 1.807) is 6.92 Å². The van der Waals surface area contributed by atoms with E-state index < -0.39 is 5.97 Å². The van der Waals surface area contributed by atoms with Crippen molar-refractivity contribution >= 4 is 17.7 Å². The highest BCUT2D eigenvalue weighted by Gasteiger charge is 2.10. The predicted octanol–water partition coefficient (Wildman–Crippen LogP) is 1.64. The quantitative estimate of drug-likeness (QED) is 0.610. The molecule has 0 spiro atoms. The molecule has 0 aliphatic carbocycles. The minimum atomic E-state index is -0.862. The van der Waals surface area contributed by atoms with Crippen LogP contribution in [0.1, 0.15) is 18.9 Å². The number of rotatable bonds is 7. The molecule has 110 valence electrons. The van der Waals surface area contributed by atoms with Crippen LogP contribution in [-0.2, 0) is 11.3 Å². The average molecular weight is 279 g/mol. The zero-order valence-corrected chi connectivity index (χ0v) is 11.8. The first kappa shape index (κ1) is 16.0. The van der Waals surface area contributed by atoms with Crippen LogP contribution in [0.15, 0.2) is 24.3 Å². The van der Waals surface area contributed by atoms with Crippen LogP contribution in [0.4, 0.5) is 10.5 Å². The molecule has 1 atom stereocenters. The number of anilines is 1. The number of hydrogen-bond donors (Lipinski definition) is 4. The Morgan fingerprint density at radius 2 is 2.00 bits per heavy atom. The molecule has 1 unspecified atom stereocenters. The van der Waals surface area contributed by atoms with Gasteiger partial charge < -0.3 is 21.1 Å². The summed E-state index contributed by atoms with van der Waals surface area (Å²) in [5, 5.41) is 17.1. The number of carboxylic acids is 1. The standard InChI is InChI=1S/C14H21N3O3/c1-10(7-13(18)19)8-16-14(20)17-12-6-4-3-5-11(12)9-15-2/h3-6,10,15H,7-9H2,1-2H3,(H,18,19)(H2,16,17,20). The number of hydrogen-bond acceptors (Lipinski definition) is 3. The van der Waals surface area contributed by atoms with Crippen LogP contribution in [-0.4, -0.2) is 30.7 Å². The van der Waals surface area contributed by atoms with E-state index in [0.29, 0.717) is 13.1 Å². The molecule has 0 aliphatic rings. The van der Waals surface area contributed by atoms with Gasteiger partial charge in [-0.2, -0.15) is 0 Å². The Hall–Kier alpha value is -2.08. The molecule has 1 aromatic rings. The maximum Gasteiger partial charge on any atom is 0.319 e. The molecule has 1 rings (SSSR count). The number of benzene rings is 1. The lowest BCUT2D eigenvalue weighted by Gasteiger charge is -2.13. The van der Waals surface area contributed by atoms with Gasteiger partial charge in [-0.15, -0.1) is 0 Å². The first-order valence-electron chi connectivity index (χ1n) is 6.52. The molecule has 0 saturated carbocycles. The van der Waals surface area contributed by atoms with Gasteiger partial charge in [0.25, 0.3) is 0 Å². The fraction of sp³-hybridized carbons (Fsp3) is 0.429. The molecule has 0 bridgehead atoms. The molecular weight excluding hydrogens is 258 g/mol. The number of nitrogens with one attached hydrogen (secondary N) is 3. The number of para-hydroxylation sites is 1. The summed E-state index contributed by atoms with van der Waals surface area (Å²) >= 11 is 0. The third-order valence-electron chi connectivity index (χ3n) is 2.77. The van der Waals surface area contributed by atoms with Gasteiger partial charge in [-0.05, 0) is 24.6 Å². The lowest BCUT2D eigenvalue weighted by atomic mass is 10.1. The van der Waals surface area contributed by atoms with Gasteiger partial charge in [0.1, 0.15) is 0 Å². The van der Waals surface area contributed by atoms with E-state index in [2.05, 4.69) is 16.0 Å². The Balaban J connectivity index is 2.48. The molecule has 20 heavy (non-hydrogen) atoms. The summed E-state index contributed by atoms with van der Waals surface area (Å²) < 4.78 is 0. The zero-order chi connectivity index (χ0) is 15.0. The van der Waals surface area contributed by atoms with E-state index in [4.69, 9.17) is 5.11 Å². The van der Waals surface area contributed by atoms with Crippen LogP contribution in [0.5, 0.6) is 0 Å². The molecule has 0 fully saturated rings. The molecule has 4 N–H and O–H groups in total. The fourth-order valence-corrected chi connectivity index (χ4v) is 1.79. The van der Waals surface area contributed by atoms with E-state index >= 15 is 0 Å². The Labute approximate surface area is 118 Å². The van der Waals surface area contributed by atoms with Crippen LogP contribution in [0.3, 0.4) is 0 Å². The summed E-state index contributed by atoms with van der Waals surface area (Å²) in [7, 11) is 1.84. The maximum atomic E-state index is 11.8. The Morgan fingerprint density at radius 1 is 1.30 bits per heavy atom. The lowest BCUT2D eigenvalue weighted by Crippen LogP contribution is -2.33. The first-order chi connectivity index (χ1) is 9.52. The molecule has 6 nitrogen and oxygen atoms in total. The highest BCUT2D eigenvalue weighted by atomic mass is 16.4. The first-order valence-corrected chi connectivity index (χ1v) is 6.52. The van der Waals surface area contributed by atoms with Gasteiger partial charge in [-0.3, -0.25) is 4.79 Å². The molecule has 0 heterocycles. The van der Waals surface area contributed by atoms with E-state index in [-0.39, 0.29) is 18.4 Å². The van der Waals surface area contributed by atoms with Crippen LogP contribution >= 0.6 is 0 Å². The fourth-order valence-electron chi connectivity index (χ4n) is 1.79. The third kappa shape index (κ3) is 5.71. The van der Waals surface area contributed by atoms with Crippen molar-refractivity contribution in [3.8, 4) is 0 Å². The van der Waals surface area contributed by atoms with Gasteiger partial charge in [-0.25, -0.2) is 4.79 Å². The molecule has 0 radical (unpaired) electrons. The SMILES string of the molecule is CNCc1ccccc1NC(=O)NCC(C)CC(=O)O. The van der Waals surface area contributed by atoms with Crippen molar-refractivity contribution in [1.29, 1.82) is 0 Å². The van der Waals surface area contributed by atoms with E-state index in [9.17, 15) is 9.59 Å². The second-order valence-electron chi connectivity index (χ2n) is 4.73. The number of carbonyl (C=O) groups excluding carboxylic acids is 1. The average Bonchev–Trinajstić information content (AvgIpc) is 2.38. The molecular formula is C14H21N3O3. The van der Waals surface area contributed by atoms with E-state index in [1.807, 2.05) is 31.3 Å². The van der Waals surface area contributed by atoms with Crippen molar-refractivity contribution in [3.63, 3.8) is 0 Å². The highest BCUT2D eigenvalue weighted by Crippen LogP contribution is 2.14. The largest absolute Gasteiger partial charge is 0.481 e. The molecule has 0 saturated heterocycles. The Morgan fingerprint density at radius 3 is 2.65 bits per heavy atom. The molecule has 6 heteroatoms. The molecule has 0 aliphatic heterocycles. The van der Waals surface area contributed by atoms with Gasteiger partial charge in [0.2, 0.25) is 0 Å². The molecule has 2 amide bonds. The number of carboxylic acid groups (broad SMARTS) is 1. The zero-order valence-electron chi connectivity index (χ0n) is 11.8. The summed E-state index contributed by atoms with van der Waals surface area (Å²) in [4.78, 5) is 22.3. The second kappa shape index (κ2) is 8.16. The lowest BCUT2D eigenvalue weighted by molar-refractivity contribution is -0.137. The van der Waals surface area contributed by atoms with Crippen LogP contribution < -0.4 is 16.0 Å². The topological polar surface area (TPSA) is 90.5 Å². The molecule has 1 aromatic carbocycles. The van der Waals surface area contributed by atoms with E-state index in [0.717, 1.165) is 11.3 Å². The van der Waals surface area contributed by atoms with Crippen molar-refractivity contribution in [2.24, 2.45) is 5.92 Å². The number of carbonyl (C=O) groups is 2. The van der Waals surface area contributed by atoms with Gasteiger partial charge in [0, 0.05) is 25.2 Å². The van der Waals surface area contributed by atoms with Gasteiger partial charge in [0.15, 0.2) is 0 Å². The third-order valence-corrected chi connectivity index (χ3v) is 2.77. The number of aliphatic carboxylic acids is 1. The monoisotopic (exact) mass is 279 g/mol. The van der Waals surface area contributed by atoms with Crippen molar-refractivity contribution in [3.05, 3.63) is 29.8 Å². The van der Waals surface area contributed by atoms with Crippen LogP contribution in [0, 0.1) is 5.92 Å². The van der Waals surface area contributed by atoms with Crippen molar-refractivity contribution in [2.45, 2.75) is 19.9 Å². The van der Waals surface area contributed by atoms with Crippen LogP contribution in [0.2, 0.25) is 0 Å². The van der Waals surface area contributed by atoms with Gasteiger partial charge in [-0.1, -0.05) is 25.1 Å². The maximum absolute atomic E-state index is 11.8. The second-order valence-corrected chi connectivity index (χ2v) is 4.73. The van der Waals surface area contributed by atoms with E-state index in [1.165, 1.54) is 0 Å². The number of urea groups is 1. The van der Waals surface area contributed by atoms with Crippen LogP contribution in [0.25, 0.3) is 0 Å². The summed E-state index contributed by atoms with van der Waals surface area (Å²) in [5.74, 6) is -0.968. The Bertz CT molecular complexity index is 463. The van der Waals surface area contributed by atoms with Crippen molar-refractivity contribution in [2.75, 3.05) is 18.9 Å². The normalized spacial score (nSPS) is 11.7. The number of amides is 2. The smallest absolute Gasteiger partial charge is 0.319 e. The summed E-state index contributed by atoms with van der Waals surface area (Å²) in [5.41, 5.74) is 1.73. The Kier molecular flexibility index (Phi) is 6.52. The summed E-state index contributed by atoms with van der Waals surface area (Å²) in [6, 6.07) is 7.18. The minimum Gasteiger partial charge on any atom is -0.481 e. The van der Waals surface area contributed by atoms with Crippen molar-refractivity contribution < 1.29 is 14.7 Å². The minimum absolute atomic E-state index is 0.0383.